The number of hydrogen-bond donors (Lipinski definition) is 1. The van der Waals surface area contributed by atoms with Crippen molar-refractivity contribution >= 4 is 0 Å². The highest BCUT2D eigenvalue weighted by molar-refractivity contribution is 5.38. The molecule has 1 aliphatic rings. The molecule has 2 aromatic carbocycles. The van der Waals surface area contributed by atoms with Crippen LogP contribution in [0.15, 0.2) is 48.5 Å². The lowest BCUT2D eigenvalue weighted by Gasteiger charge is -2.47. The largest absolute Gasteiger partial charge is 0.323 e. The van der Waals surface area contributed by atoms with Gasteiger partial charge in [-0.15, -0.1) is 0 Å². The van der Waals surface area contributed by atoms with Gasteiger partial charge in [0.05, 0.1) is 0 Å². The number of aryl methyl sites for hydroxylation is 1. The first kappa shape index (κ1) is 13.3. The van der Waals surface area contributed by atoms with Crippen LogP contribution < -0.4 is 5.73 Å². The third kappa shape index (κ3) is 2.04. The van der Waals surface area contributed by atoms with E-state index < -0.39 is 0 Å². The fraction of sp³-hybridized carbons (Fsp3) is 0.333. The molecule has 0 spiro atoms. The summed E-state index contributed by atoms with van der Waals surface area (Å²) in [7, 11) is 0. The second-order valence-corrected chi connectivity index (χ2v) is 5.85. The number of rotatable bonds is 3. The first-order valence-electron chi connectivity index (χ1n) is 7.21. The summed E-state index contributed by atoms with van der Waals surface area (Å²) in [5, 5.41) is 0. The van der Waals surface area contributed by atoms with Gasteiger partial charge >= 0.3 is 0 Å². The normalized spacial score (nSPS) is 18.4. The third-order valence-electron chi connectivity index (χ3n) is 4.77. The zero-order valence-corrected chi connectivity index (χ0v) is 11.8. The quantitative estimate of drug-likeness (QED) is 0.885. The maximum absolute atomic E-state index is 13.6. The fourth-order valence-electron chi connectivity index (χ4n) is 3.35. The minimum Gasteiger partial charge on any atom is -0.323 e. The second kappa shape index (κ2) is 5.02. The Balaban J connectivity index is 2.03. The molecule has 0 saturated heterocycles. The van der Waals surface area contributed by atoms with Gasteiger partial charge in [-0.05, 0) is 48.6 Å². The smallest absolute Gasteiger partial charge is 0.123 e. The second-order valence-electron chi connectivity index (χ2n) is 5.85. The number of benzene rings is 2. The van der Waals surface area contributed by atoms with Crippen molar-refractivity contribution in [3.05, 3.63) is 71.0 Å². The summed E-state index contributed by atoms with van der Waals surface area (Å²) < 4.78 is 13.6. The molecule has 2 aromatic rings. The molecule has 1 fully saturated rings. The van der Waals surface area contributed by atoms with Crippen molar-refractivity contribution in [3.8, 4) is 0 Å². The van der Waals surface area contributed by atoms with Gasteiger partial charge in [0.1, 0.15) is 5.82 Å². The molecule has 1 aliphatic carbocycles. The molecular weight excluding hydrogens is 249 g/mol. The molecule has 3 rings (SSSR count). The standard InChI is InChI=1S/C18H20FN/c1-13-8-9-15(19)12-16(13)17(20)18(10-5-11-18)14-6-3-2-4-7-14/h2-4,6-9,12,17H,5,10-11,20H2,1H3. The van der Waals surface area contributed by atoms with E-state index in [0.29, 0.717) is 0 Å². The molecule has 0 radical (unpaired) electrons. The lowest BCUT2D eigenvalue weighted by Crippen LogP contribution is -2.44. The molecular formula is C18H20FN. The van der Waals surface area contributed by atoms with Crippen molar-refractivity contribution in [2.45, 2.75) is 37.6 Å². The Morgan fingerprint density at radius 3 is 2.40 bits per heavy atom. The molecule has 0 amide bonds. The Hall–Kier alpha value is -1.67. The summed E-state index contributed by atoms with van der Waals surface area (Å²) in [6.07, 6.45) is 3.35. The molecule has 0 heterocycles. The predicted octanol–water partition coefficient (Wildman–Crippen LogP) is 4.26. The summed E-state index contributed by atoms with van der Waals surface area (Å²) in [4.78, 5) is 0. The summed E-state index contributed by atoms with van der Waals surface area (Å²) in [5.41, 5.74) is 9.83. The summed E-state index contributed by atoms with van der Waals surface area (Å²) >= 11 is 0. The molecule has 104 valence electrons. The molecule has 1 atom stereocenters. The first-order chi connectivity index (χ1) is 9.63. The zero-order chi connectivity index (χ0) is 14.2. The highest BCUT2D eigenvalue weighted by atomic mass is 19.1. The van der Waals surface area contributed by atoms with Crippen molar-refractivity contribution in [3.63, 3.8) is 0 Å². The molecule has 2 N–H and O–H groups in total. The molecule has 0 aliphatic heterocycles. The van der Waals surface area contributed by atoms with Gasteiger partial charge in [-0.3, -0.25) is 0 Å². The Morgan fingerprint density at radius 1 is 1.10 bits per heavy atom. The Kier molecular flexibility index (Phi) is 3.35. The van der Waals surface area contributed by atoms with E-state index in [1.165, 1.54) is 18.1 Å². The van der Waals surface area contributed by atoms with Crippen LogP contribution in [0.3, 0.4) is 0 Å². The highest BCUT2D eigenvalue weighted by Crippen LogP contribution is 2.51. The number of halogens is 1. The van der Waals surface area contributed by atoms with E-state index in [9.17, 15) is 4.39 Å². The van der Waals surface area contributed by atoms with Crippen molar-refractivity contribution in [2.75, 3.05) is 0 Å². The van der Waals surface area contributed by atoms with Crippen LogP contribution in [0.5, 0.6) is 0 Å². The van der Waals surface area contributed by atoms with Crippen LogP contribution >= 0.6 is 0 Å². The maximum atomic E-state index is 13.6. The fourth-order valence-corrected chi connectivity index (χ4v) is 3.35. The van der Waals surface area contributed by atoms with E-state index in [0.717, 1.165) is 24.0 Å². The van der Waals surface area contributed by atoms with Crippen molar-refractivity contribution in [2.24, 2.45) is 5.73 Å². The molecule has 2 heteroatoms. The van der Waals surface area contributed by atoms with E-state index in [1.54, 1.807) is 6.07 Å². The molecule has 1 nitrogen and oxygen atoms in total. The number of nitrogens with two attached hydrogens (primary N) is 1. The molecule has 0 aromatic heterocycles. The van der Waals surface area contributed by atoms with Gasteiger partial charge < -0.3 is 5.73 Å². The lowest BCUT2D eigenvalue weighted by molar-refractivity contribution is 0.196. The van der Waals surface area contributed by atoms with E-state index in [4.69, 9.17) is 5.73 Å². The van der Waals surface area contributed by atoms with Gasteiger partial charge in [-0.2, -0.15) is 0 Å². The van der Waals surface area contributed by atoms with Gasteiger partial charge in [-0.1, -0.05) is 42.8 Å². The van der Waals surface area contributed by atoms with Crippen molar-refractivity contribution in [1.29, 1.82) is 0 Å². The highest BCUT2D eigenvalue weighted by Gasteiger charge is 2.44. The van der Waals surface area contributed by atoms with E-state index in [2.05, 4.69) is 24.3 Å². The van der Waals surface area contributed by atoms with Crippen LogP contribution in [0.25, 0.3) is 0 Å². The lowest BCUT2D eigenvalue weighted by atomic mass is 9.59. The minimum absolute atomic E-state index is 0.0280. The third-order valence-corrected chi connectivity index (χ3v) is 4.77. The van der Waals surface area contributed by atoms with Gasteiger partial charge in [0.15, 0.2) is 0 Å². The van der Waals surface area contributed by atoms with E-state index >= 15 is 0 Å². The SMILES string of the molecule is Cc1ccc(F)cc1C(N)C1(c2ccccc2)CCC1. The Morgan fingerprint density at radius 2 is 1.80 bits per heavy atom. The topological polar surface area (TPSA) is 26.0 Å². The zero-order valence-electron chi connectivity index (χ0n) is 11.8. The molecule has 1 saturated carbocycles. The van der Waals surface area contributed by atoms with E-state index in [1.807, 2.05) is 19.1 Å². The van der Waals surface area contributed by atoms with Crippen LogP contribution in [0, 0.1) is 12.7 Å². The molecule has 1 unspecified atom stereocenters. The Bertz CT molecular complexity index is 602. The van der Waals surface area contributed by atoms with E-state index in [-0.39, 0.29) is 17.3 Å². The van der Waals surface area contributed by atoms with Crippen LogP contribution in [-0.2, 0) is 5.41 Å². The monoisotopic (exact) mass is 269 g/mol. The summed E-state index contributed by atoms with van der Waals surface area (Å²) in [6.45, 7) is 2.01. The van der Waals surface area contributed by atoms with Crippen LogP contribution in [0.2, 0.25) is 0 Å². The van der Waals surface area contributed by atoms with Crippen LogP contribution in [0.1, 0.15) is 42.0 Å². The Labute approximate surface area is 119 Å². The van der Waals surface area contributed by atoms with Gasteiger partial charge in [0, 0.05) is 11.5 Å². The number of hydrogen-bond acceptors (Lipinski definition) is 1. The molecule has 0 bridgehead atoms. The average molecular weight is 269 g/mol. The maximum Gasteiger partial charge on any atom is 0.123 e. The van der Waals surface area contributed by atoms with Gasteiger partial charge in [0.25, 0.3) is 0 Å². The average Bonchev–Trinajstić information content (AvgIpc) is 2.41. The van der Waals surface area contributed by atoms with Crippen molar-refractivity contribution < 1.29 is 4.39 Å². The van der Waals surface area contributed by atoms with Gasteiger partial charge in [0.2, 0.25) is 0 Å². The summed E-state index contributed by atoms with van der Waals surface area (Å²) in [5.74, 6) is -0.205. The van der Waals surface area contributed by atoms with Crippen LogP contribution in [-0.4, -0.2) is 0 Å². The van der Waals surface area contributed by atoms with Crippen molar-refractivity contribution in [1.82, 2.24) is 0 Å². The predicted molar refractivity (Wildman–Crippen MR) is 80.0 cm³/mol. The van der Waals surface area contributed by atoms with Crippen LogP contribution in [0.4, 0.5) is 4.39 Å². The van der Waals surface area contributed by atoms with Gasteiger partial charge in [-0.25, -0.2) is 4.39 Å². The molecule has 20 heavy (non-hydrogen) atoms. The first-order valence-corrected chi connectivity index (χ1v) is 7.21. The minimum atomic E-state index is -0.205. The summed E-state index contributed by atoms with van der Waals surface area (Å²) in [6, 6.07) is 15.2.